The summed E-state index contributed by atoms with van der Waals surface area (Å²) in [4.78, 5) is 5.19. The molecule has 1 unspecified atom stereocenters. The average Bonchev–Trinajstić information content (AvgIpc) is 2.50. The molecule has 0 fully saturated rings. The molecule has 15 heavy (non-hydrogen) atoms. The molecule has 0 spiro atoms. The molecule has 0 aliphatic carbocycles. The normalized spacial score (nSPS) is 16.3. The van der Waals surface area contributed by atoms with Gasteiger partial charge >= 0.3 is 0 Å². The summed E-state index contributed by atoms with van der Waals surface area (Å²) in [7, 11) is -1.05. The van der Waals surface area contributed by atoms with Crippen LogP contribution in [0.4, 0.5) is 0 Å². The van der Waals surface area contributed by atoms with Crippen molar-refractivity contribution in [1.82, 2.24) is 9.71 Å². The zero-order valence-electron chi connectivity index (χ0n) is 9.20. The molecule has 0 aliphatic heterocycles. The molecule has 0 radical (unpaired) electrons. The van der Waals surface area contributed by atoms with Crippen LogP contribution in [0.25, 0.3) is 0 Å². The third-order valence-electron chi connectivity index (χ3n) is 1.76. The molecule has 0 aliphatic rings. The predicted molar refractivity (Wildman–Crippen MR) is 69.3 cm³/mol. The van der Waals surface area contributed by atoms with Crippen molar-refractivity contribution in [3.63, 3.8) is 0 Å². The Bertz CT molecular complexity index is 359. The summed E-state index contributed by atoms with van der Waals surface area (Å²) >= 11 is 4.87. The first-order valence-electron chi connectivity index (χ1n) is 4.60. The zero-order chi connectivity index (χ0) is 11.6. The summed E-state index contributed by atoms with van der Waals surface area (Å²) < 4.78 is 15.5. The maximum absolute atomic E-state index is 11.8. The second kappa shape index (κ2) is 5.03. The molecule has 1 rings (SSSR count). The summed E-state index contributed by atoms with van der Waals surface area (Å²) in [5, 5.41) is 0. The Morgan fingerprint density at radius 3 is 2.60 bits per heavy atom. The van der Waals surface area contributed by atoms with Crippen molar-refractivity contribution in [3.8, 4) is 0 Å². The minimum absolute atomic E-state index is 0.0638. The minimum atomic E-state index is -1.05. The van der Waals surface area contributed by atoms with E-state index in [-0.39, 0.29) is 10.8 Å². The van der Waals surface area contributed by atoms with Crippen molar-refractivity contribution in [2.45, 2.75) is 38.5 Å². The van der Waals surface area contributed by atoms with Gasteiger partial charge < -0.3 is 0 Å². The van der Waals surface area contributed by atoms with Crippen molar-refractivity contribution in [2.75, 3.05) is 0 Å². The highest BCUT2D eigenvalue weighted by molar-refractivity contribution is 9.11. The molecule has 0 aromatic carbocycles. The molecule has 0 saturated heterocycles. The van der Waals surface area contributed by atoms with E-state index in [0.717, 1.165) is 8.79 Å². The minimum Gasteiger partial charge on any atom is -0.242 e. The van der Waals surface area contributed by atoms with Gasteiger partial charge in [-0.3, -0.25) is 0 Å². The van der Waals surface area contributed by atoms with Gasteiger partial charge in [0.15, 0.2) is 3.92 Å². The van der Waals surface area contributed by atoms with Crippen molar-refractivity contribution in [1.29, 1.82) is 0 Å². The van der Waals surface area contributed by atoms with E-state index in [1.807, 2.05) is 27.7 Å². The number of hydrogen-bond donors (Lipinski definition) is 1. The van der Waals surface area contributed by atoms with Crippen LogP contribution in [0, 0.1) is 0 Å². The van der Waals surface area contributed by atoms with Crippen LogP contribution in [-0.2, 0) is 11.0 Å². The van der Waals surface area contributed by atoms with Gasteiger partial charge in [-0.25, -0.2) is 13.9 Å². The summed E-state index contributed by atoms with van der Waals surface area (Å²) in [6.45, 7) is 7.84. The maximum atomic E-state index is 11.8. The van der Waals surface area contributed by atoms with Crippen LogP contribution < -0.4 is 4.72 Å². The topological polar surface area (TPSA) is 42.0 Å². The largest absolute Gasteiger partial charge is 0.242 e. The van der Waals surface area contributed by atoms with E-state index in [0.29, 0.717) is 0 Å². The first kappa shape index (κ1) is 13.3. The molecule has 2 atom stereocenters. The van der Waals surface area contributed by atoms with E-state index in [1.54, 1.807) is 17.5 Å². The van der Waals surface area contributed by atoms with Gasteiger partial charge in [0.25, 0.3) is 0 Å². The molecule has 0 amide bonds. The Morgan fingerprint density at radius 2 is 2.20 bits per heavy atom. The number of nitrogens with zero attached hydrogens (tertiary/aromatic N) is 1. The van der Waals surface area contributed by atoms with Gasteiger partial charge in [-0.1, -0.05) is 0 Å². The zero-order valence-corrected chi connectivity index (χ0v) is 12.4. The van der Waals surface area contributed by atoms with E-state index in [9.17, 15) is 4.21 Å². The van der Waals surface area contributed by atoms with Gasteiger partial charge in [0, 0.05) is 11.1 Å². The van der Waals surface area contributed by atoms with Crippen LogP contribution in [0.1, 0.15) is 38.6 Å². The first-order valence-corrected chi connectivity index (χ1v) is 7.36. The Balaban J connectivity index is 2.64. The summed E-state index contributed by atoms with van der Waals surface area (Å²) in [6.07, 6.45) is 1.80. The first-order chi connectivity index (χ1) is 6.80. The fraction of sp³-hybridized carbons (Fsp3) is 0.667. The molecule has 86 valence electrons. The Labute approximate surface area is 105 Å². The SMILES string of the molecule is C[C@H](NS(=O)C(C)(C)C)c1cnc(Br)s1. The van der Waals surface area contributed by atoms with Gasteiger partial charge in [0.05, 0.1) is 21.8 Å². The standard InChI is InChI=1S/C9H15BrN2OS2/c1-6(7-5-11-8(10)14-7)12-15(13)9(2,3)4/h5-6,12H,1-4H3/t6-,15?/m0/s1. The Kier molecular flexibility index (Phi) is 4.46. The summed E-state index contributed by atoms with van der Waals surface area (Å²) in [5.74, 6) is 0. The molecule has 1 aromatic rings. The highest BCUT2D eigenvalue weighted by atomic mass is 79.9. The smallest absolute Gasteiger partial charge is 0.159 e. The van der Waals surface area contributed by atoms with Crippen LogP contribution in [-0.4, -0.2) is 13.9 Å². The number of hydrogen-bond acceptors (Lipinski definition) is 3. The van der Waals surface area contributed by atoms with Gasteiger partial charge in [0.2, 0.25) is 0 Å². The predicted octanol–water partition coefficient (Wildman–Crippen LogP) is 3.02. The number of thiazole rings is 1. The quantitative estimate of drug-likeness (QED) is 0.932. The van der Waals surface area contributed by atoms with Crippen LogP contribution in [0.5, 0.6) is 0 Å². The molecule has 3 nitrogen and oxygen atoms in total. The number of nitrogens with one attached hydrogen (secondary N) is 1. The van der Waals surface area contributed by atoms with Gasteiger partial charge in [0.1, 0.15) is 0 Å². The van der Waals surface area contributed by atoms with E-state index >= 15 is 0 Å². The molecular formula is C9H15BrN2OS2. The second-order valence-corrected chi connectivity index (χ2v) is 8.57. The van der Waals surface area contributed by atoms with Crippen LogP contribution in [0.3, 0.4) is 0 Å². The average molecular weight is 311 g/mol. The highest BCUT2D eigenvalue weighted by Gasteiger charge is 2.22. The molecular weight excluding hydrogens is 296 g/mol. The Morgan fingerprint density at radius 1 is 1.60 bits per heavy atom. The lowest BCUT2D eigenvalue weighted by atomic mass is 10.3. The van der Waals surface area contributed by atoms with E-state index in [1.165, 1.54) is 0 Å². The highest BCUT2D eigenvalue weighted by Crippen LogP contribution is 2.25. The fourth-order valence-corrected chi connectivity index (χ4v) is 3.04. The van der Waals surface area contributed by atoms with Gasteiger partial charge in [-0.15, -0.1) is 11.3 Å². The summed E-state index contributed by atoms with van der Waals surface area (Å²) in [6, 6.07) is 0.0638. The van der Waals surface area contributed by atoms with Crippen molar-refractivity contribution in [3.05, 3.63) is 15.0 Å². The van der Waals surface area contributed by atoms with Gasteiger partial charge in [-0.05, 0) is 43.6 Å². The molecule has 0 bridgehead atoms. The van der Waals surface area contributed by atoms with E-state index < -0.39 is 11.0 Å². The van der Waals surface area contributed by atoms with Crippen LogP contribution in [0.2, 0.25) is 0 Å². The van der Waals surface area contributed by atoms with Crippen LogP contribution in [0.15, 0.2) is 10.1 Å². The lowest BCUT2D eigenvalue weighted by molar-refractivity contribution is 0.618. The number of halogens is 1. The Hall–Kier alpha value is 0.220. The molecule has 1 N–H and O–H groups in total. The molecule has 6 heteroatoms. The number of aromatic nitrogens is 1. The maximum Gasteiger partial charge on any atom is 0.159 e. The molecule has 0 saturated carbocycles. The monoisotopic (exact) mass is 310 g/mol. The molecule has 1 heterocycles. The van der Waals surface area contributed by atoms with Crippen molar-refractivity contribution in [2.24, 2.45) is 0 Å². The van der Waals surface area contributed by atoms with Crippen molar-refractivity contribution >= 4 is 38.3 Å². The van der Waals surface area contributed by atoms with Gasteiger partial charge in [-0.2, -0.15) is 0 Å². The lowest BCUT2D eigenvalue weighted by Gasteiger charge is -2.21. The number of rotatable bonds is 3. The second-order valence-electron chi connectivity index (χ2n) is 4.24. The van der Waals surface area contributed by atoms with Crippen LogP contribution >= 0.6 is 27.3 Å². The molecule has 1 aromatic heterocycles. The van der Waals surface area contributed by atoms with E-state index in [2.05, 4.69) is 25.6 Å². The van der Waals surface area contributed by atoms with Crippen molar-refractivity contribution < 1.29 is 4.21 Å². The fourth-order valence-electron chi connectivity index (χ4n) is 0.860. The lowest BCUT2D eigenvalue weighted by Crippen LogP contribution is -2.34. The third kappa shape index (κ3) is 3.94. The third-order valence-corrected chi connectivity index (χ3v) is 5.10. The van der Waals surface area contributed by atoms with E-state index in [4.69, 9.17) is 0 Å². The summed E-state index contributed by atoms with van der Waals surface area (Å²) in [5.41, 5.74) is 0.